The summed E-state index contributed by atoms with van der Waals surface area (Å²) < 4.78 is 5.59. The highest BCUT2D eigenvalue weighted by Crippen LogP contribution is 2.36. The number of hydrogen-bond acceptors (Lipinski definition) is 5. The van der Waals surface area contributed by atoms with Crippen molar-refractivity contribution in [2.24, 2.45) is 5.92 Å². The van der Waals surface area contributed by atoms with Crippen molar-refractivity contribution in [1.82, 2.24) is 15.5 Å². The largest absolute Gasteiger partial charge is 0.337 e. The van der Waals surface area contributed by atoms with Crippen LogP contribution in [0.5, 0.6) is 0 Å². The summed E-state index contributed by atoms with van der Waals surface area (Å²) in [6, 6.07) is 2.27. The summed E-state index contributed by atoms with van der Waals surface area (Å²) in [5, 5.41) is 9.94. The molecule has 1 aliphatic heterocycles. The molecule has 0 bridgehead atoms. The third-order valence-corrected chi connectivity index (χ3v) is 5.87. The number of thiophene rings is 1. The predicted octanol–water partition coefficient (Wildman–Crippen LogP) is 3.66. The van der Waals surface area contributed by atoms with Crippen molar-refractivity contribution in [3.05, 3.63) is 33.6 Å². The second-order valence-corrected chi connectivity index (χ2v) is 7.38. The Morgan fingerprint density at radius 3 is 3.00 bits per heavy atom. The van der Waals surface area contributed by atoms with Crippen LogP contribution in [0.4, 0.5) is 0 Å². The molecule has 0 saturated heterocycles. The summed E-state index contributed by atoms with van der Waals surface area (Å²) in [7, 11) is 0. The highest BCUT2D eigenvalue weighted by atomic mass is 32.1. The van der Waals surface area contributed by atoms with E-state index in [9.17, 15) is 0 Å². The maximum Gasteiger partial charge on any atom is 0.248 e. The highest BCUT2D eigenvalue weighted by molar-refractivity contribution is 7.10. The summed E-state index contributed by atoms with van der Waals surface area (Å²) in [5.41, 5.74) is 1.32. The fourth-order valence-corrected chi connectivity index (χ4v) is 4.44. The van der Waals surface area contributed by atoms with Crippen LogP contribution < -0.4 is 5.32 Å². The van der Waals surface area contributed by atoms with Crippen LogP contribution in [0, 0.1) is 5.92 Å². The number of hydrogen-bond donors (Lipinski definition) is 1. The summed E-state index contributed by atoms with van der Waals surface area (Å²) >= 11 is 1.83. The van der Waals surface area contributed by atoms with Crippen LogP contribution in [0.3, 0.4) is 0 Å². The van der Waals surface area contributed by atoms with E-state index < -0.39 is 0 Å². The van der Waals surface area contributed by atoms with Gasteiger partial charge in [-0.05, 0) is 42.2 Å². The molecular weight excluding hydrogens is 282 g/mol. The van der Waals surface area contributed by atoms with Gasteiger partial charge in [0.2, 0.25) is 5.89 Å². The van der Waals surface area contributed by atoms with Gasteiger partial charge in [-0.15, -0.1) is 11.3 Å². The lowest BCUT2D eigenvalue weighted by molar-refractivity contribution is 0.316. The lowest BCUT2D eigenvalue weighted by Crippen LogP contribution is -2.29. The van der Waals surface area contributed by atoms with Crippen LogP contribution in [0.25, 0.3) is 0 Å². The maximum absolute atomic E-state index is 5.59. The molecule has 112 valence electrons. The quantitative estimate of drug-likeness (QED) is 0.920. The molecule has 0 radical (unpaired) electrons. The van der Waals surface area contributed by atoms with Crippen LogP contribution in [-0.2, 0) is 6.42 Å². The van der Waals surface area contributed by atoms with E-state index in [-0.39, 0.29) is 6.04 Å². The lowest BCUT2D eigenvalue weighted by Gasteiger charge is -2.23. The number of rotatable bonds is 2. The number of fused-ring (bicyclic) bond motifs is 1. The Kier molecular flexibility index (Phi) is 3.55. The minimum atomic E-state index is 0.0868. The number of nitrogens with one attached hydrogen (secondary N) is 1. The summed E-state index contributed by atoms with van der Waals surface area (Å²) in [6.07, 6.45) is 6.06. The molecule has 21 heavy (non-hydrogen) atoms. The van der Waals surface area contributed by atoms with E-state index in [1.54, 1.807) is 0 Å². The lowest BCUT2D eigenvalue weighted by atomic mass is 9.83. The molecule has 4 nitrogen and oxygen atoms in total. The van der Waals surface area contributed by atoms with Gasteiger partial charge < -0.3 is 9.84 Å². The van der Waals surface area contributed by atoms with Crippen LogP contribution in [-0.4, -0.2) is 16.7 Å². The zero-order valence-corrected chi connectivity index (χ0v) is 13.2. The van der Waals surface area contributed by atoms with E-state index in [2.05, 4.69) is 28.8 Å². The summed E-state index contributed by atoms with van der Waals surface area (Å²) in [5.74, 6) is 2.99. The Morgan fingerprint density at radius 2 is 2.14 bits per heavy atom. The Bertz CT molecular complexity index is 613. The molecule has 2 aliphatic rings. The smallest absolute Gasteiger partial charge is 0.248 e. The molecule has 0 aromatic carbocycles. The number of aromatic nitrogens is 2. The van der Waals surface area contributed by atoms with Crippen molar-refractivity contribution in [3.8, 4) is 0 Å². The minimum Gasteiger partial charge on any atom is -0.337 e. The first-order valence-electron chi connectivity index (χ1n) is 7.94. The first kappa shape index (κ1) is 13.5. The normalized spacial score (nSPS) is 29.3. The van der Waals surface area contributed by atoms with Crippen molar-refractivity contribution in [1.29, 1.82) is 0 Å². The fourth-order valence-electron chi connectivity index (χ4n) is 3.52. The molecule has 0 amide bonds. The third kappa shape index (κ3) is 2.53. The van der Waals surface area contributed by atoms with E-state index in [1.807, 2.05) is 11.3 Å². The second kappa shape index (κ2) is 5.54. The van der Waals surface area contributed by atoms with Gasteiger partial charge in [0.1, 0.15) is 6.04 Å². The SMILES string of the molecule is CC1CCC(c2noc(C3NCCc4sccc43)n2)CC1. The Labute approximate surface area is 129 Å². The second-order valence-electron chi connectivity index (χ2n) is 6.38. The van der Waals surface area contributed by atoms with Crippen LogP contribution >= 0.6 is 11.3 Å². The Hall–Kier alpha value is -1.20. The van der Waals surface area contributed by atoms with Crippen molar-refractivity contribution < 1.29 is 4.52 Å². The molecule has 1 aliphatic carbocycles. The molecule has 1 atom stereocenters. The Morgan fingerprint density at radius 1 is 1.29 bits per heavy atom. The molecule has 1 N–H and O–H groups in total. The van der Waals surface area contributed by atoms with Gasteiger partial charge in [0.05, 0.1) is 0 Å². The molecule has 1 unspecified atom stereocenters. The van der Waals surface area contributed by atoms with Crippen molar-refractivity contribution in [3.63, 3.8) is 0 Å². The summed E-state index contributed by atoms with van der Waals surface area (Å²) in [4.78, 5) is 6.17. The third-order valence-electron chi connectivity index (χ3n) is 4.88. The van der Waals surface area contributed by atoms with Gasteiger partial charge in [-0.3, -0.25) is 0 Å². The van der Waals surface area contributed by atoms with Gasteiger partial charge in [-0.25, -0.2) is 0 Å². The standard InChI is InChI=1S/C16H21N3OS/c1-10-2-4-11(5-3-10)15-18-16(20-19-15)14-12-7-9-21-13(12)6-8-17-14/h7,9-11,14,17H,2-6,8H2,1H3. The first-order chi connectivity index (χ1) is 10.3. The molecule has 0 spiro atoms. The molecule has 4 rings (SSSR count). The van der Waals surface area contributed by atoms with Crippen LogP contribution in [0.15, 0.2) is 16.0 Å². The molecule has 2 aromatic rings. The maximum atomic E-state index is 5.59. The molecule has 3 heterocycles. The first-order valence-corrected chi connectivity index (χ1v) is 8.82. The fraction of sp³-hybridized carbons (Fsp3) is 0.625. The average molecular weight is 303 g/mol. The molecule has 1 fully saturated rings. The monoisotopic (exact) mass is 303 g/mol. The van der Waals surface area contributed by atoms with E-state index in [4.69, 9.17) is 9.51 Å². The molecule has 1 saturated carbocycles. The van der Waals surface area contributed by atoms with E-state index in [0.717, 1.165) is 30.6 Å². The zero-order valence-electron chi connectivity index (χ0n) is 12.3. The van der Waals surface area contributed by atoms with Gasteiger partial charge in [0.25, 0.3) is 0 Å². The van der Waals surface area contributed by atoms with Crippen molar-refractivity contribution >= 4 is 11.3 Å². The predicted molar refractivity (Wildman–Crippen MR) is 82.5 cm³/mol. The van der Waals surface area contributed by atoms with Crippen molar-refractivity contribution in [2.75, 3.05) is 6.54 Å². The molecule has 5 heteroatoms. The van der Waals surface area contributed by atoms with Gasteiger partial charge in [0, 0.05) is 17.3 Å². The van der Waals surface area contributed by atoms with E-state index >= 15 is 0 Å². The average Bonchev–Trinajstić information content (AvgIpc) is 3.16. The highest BCUT2D eigenvalue weighted by Gasteiger charge is 2.29. The molecular formula is C16H21N3OS. The zero-order chi connectivity index (χ0) is 14.2. The number of nitrogens with zero attached hydrogens (tertiary/aromatic N) is 2. The minimum absolute atomic E-state index is 0.0868. The van der Waals surface area contributed by atoms with E-state index in [1.165, 1.54) is 36.1 Å². The van der Waals surface area contributed by atoms with Crippen LogP contribution in [0.1, 0.15) is 66.7 Å². The van der Waals surface area contributed by atoms with E-state index in [0.29, 0.717) is 5.92 Å². The van der Waals surface area contributed by atoms with Crippen molar-refractivity contribution in [2.45, 2.75) is 51.0 Å². The topological polar surface area (TPSA) is 51.0 Å². The van der Waals surface area contributed by atoms with Gasteiger partial charge in [-0.1, -0.05) is 24.9 Å². The van der Waals surface area contributed by atoms with Gasteiger partial charge in [-0.2, -0.15) is 4.98 Å². The Balaban J connectivity index is 1.56. The van der Waals surface area contributed by atoms with Crippen LogP contribution in [0.2, 0.25) is 0 Å². The van der Waals surface area contributed by atoms with Gasteiger partial charge in [0.15, 0.2) is 5.82 Å². The summed E-state index contributed by atoms with van der Waals surface area (Å²) in [6.45, 7) is 3.32. The molecule has 2 aromatic heterocycles. The van der Waals surface area contributed by atoms with Gasteiger partial charge >= 0.3 is 0 Å².